The fraction of sp³-hybridized carbons (Fsp3) is 0.429. The van der Waals surface area contributed by atoms with Crippen molar-refractivity contribution in [1.82, 2.24) is 0 Å². The lowest BCUT2D eigenvalue weighted by atomic mass is 10.1. The molecule has 96 valence electrons. The number of rotatable bonds is 4. The van der Waals surface area contributed by atoms with E-state index in [0.29, 0.717) is 12.1 Å². The molecule has 18 heavy (non-hydrogen) atoms. The number of Topliss-reactive ketones (excluding diaryl/α,β-unsaturated/α-hetero) is 1. The minimum absolute atomic E-state index is 0.383. The molecule has 0 fully saturated rings. The van der Waals surface area contributed by atoms with Crippen molar-refractivity contribution in [3.8, 4) is 0 Å². The Kier molecular flexibility index (Phi) is 3.85. The standard InChI is InChI=1S/C14H16BrNO2/c1-3-4-5-6-16-12-10(13(17)14(16)18)7-9(2)8-11(12)15/h7-8H,3-6H2,1-2H3. The van der Waals surface area contributed by atoms with E-state index in [9.17, 15) is 9.59 Å². The molecule has 1 heterocycles. The Bertz CT molecular complexity index is 511. The predicted octanol–water partition coefficient (Wildman–Crippen LogP) is 3.48. The minimum Gasteiger partial charge on any atom is -0.304 e. The molecule has 0 atom stereocenters. The molecule has 1 aromatic rings. The Labute approximate surface area is 115 Å². The summed E-state index contributed by atoms with van der Waals surface area (Å²) in [4.78, 5) is 25.5. The number of nitrogens with zero attached hydrogens (tertiary/aromatic N) is 1. The van der Waals surface area contributed by atoms with Crippen LogP contribution in [0.25, 0.3) is 0 Å². The maximum atomic E-state index is 12.0. The first kappa shape index (κ1) is 13.3. The van der Waals surface area contributed by atoms with Gasteiger partial charge >= 0.3 is 0 Å². The molecule has 0 unspecified atom stereocenters. The molecule has 0 aliphatic carbocycles. The van der Waals surface area contributed by atoms with Crippen LogP contribution >= 0.6 is 15.9 Å². The molecule has 1 aromatic carbocycles. The molecule has 1 aliphatic heterocycles. The Balaban J connectivity index is 2.36. The van der Waals surface area contributed by atoms with Gasteiger partial charge in [0.05, 0.1) is 11.3 Å². The first-order valence-corrected chi connectivity index (χ1v) is 7.02. The average Bonchev–Trinajstić information content (AvgIpc) is 2.55. The number of anilines is 1. The van der Waals surface area contributed by atoms with Crippen molar-refractivity contribution in [2.45, 2.75) is 33.1 Å². The van der Waals surface area contributed by atoms with E-state index in [4.69, 9.17) is 0 Å². The van der Waals surface area contributed by atoms with Gasteiger partial charge in [0.25, 0.3) is 11.7 Å². The smallest absolute Gasteiger partial charge is 0.299 e. The number of fused-ring (bicyclic) bond motifs is 1. The van der Waals surface area contributed by atoms with Gasteiger partial charge in [-0.1, -0.05) is 19.8 Å². The summed E-state index contributed by atoms with van der Waals surface area (Å²) in [6.45, 7) is 4.65. The van der Waals surface area contributed by atoms with E-state index in [2.05, 4.69) is 22.9 Å². The normalized spacial score (nSPS) is 14.3. The molecule has 2 rings (SSSR count). The minimum atomic E-state index is -0.396. The Morgan fingerprint density at radius 1 is 1.22 bits per heavy atom. The molecule has 1 aliphatic rings. The van der Waals surface area contributed by atoms with Crippen molar-refractivity contribution in [3.05, 3.63) is 27.7 Å². The summed E-state index contributed by atoms with van der Waals surface area (Å²) in [5.41, 5.74) is 2.26. The molecule has 0 bridgehead atoms. The second-order valence-corrected chi connectivity index (χ2v) is 5.49. The van der Waals surface area contributed by atoms with Crippen molar-refractivity contribution in [3.63, 3.8) is 0 Å². The van der Waals surface area contributed by atoms with Crippen molar-refractivity contribution < 1.29 is 9.59 Å². The van der Waals surface area contributed by atoms with Crippen molar-refractivity contribution in [2.75, 3.05) is 11.4 Å². The predicted molar refractivity (Wildman–Crippen MR) is 75.1 cm³/mol. The second-order valence-electron chi connectivity index (χ2n) is 4.64. The number of amides is 1. The SMILES string of the molecule is CCCCCN1C(=O)C(=O)c2cc(C)cc(Br)c21. The Morgan fingerprint density at radius 2 is 1.94 bits per heavy atom. The van der Waals surface area contributed by atoms with Gasteiger partial charge in [-0.15, -0.1) is 0 Å². The number of hydrogen-bond donors (Lipinski definition) is 0. The zero-order valence-corrected chi connectivity index (χ0v) is 12.2. The molecule has 0 saturated heterocycles. The van der Waals surface area contributed by atoms with E-state index < -0.39 is 5.91 Å². The van der Waals surface area contributed by atoms with E-state index >= 15 is 0 Å². The lowest BCUT2D eigenvalue weighted by molar-refractivity contribution is -0.114. The highest BCUT2D eigenvalue weighted by molar-refractivity contribution is 9.10. The first-order valence-electron chi connectivity index (χ1n) is 6.22. The first-order chi connectivity index (χ1) is 8.56. The number of halogens is 1. The molecular weight excluding hydrogens is 294 g/mol. The van der Waals surface area contributed by atoms with Gasteiger partial charge in [-0.3, -0.25) is 9.59 Å². The highest BCUT2D eigenvalue weighted by Gasteiger charge is 2.36. The quantitative estimate of drug-likeness (QED) is 0.631. The Morgan fingerprint density at radius 3 is 2.61 bits per heavy atom. The molecule has 0 radical (unpaired) electrons. The molecule has 1 amide bonds. The summed E-state index contributed by atoms with van der Waals surface area (Å²) in [6.07, 6.45) is 3.09. The summed E-state index contributed by atoms with van der Waals surface area (Å²) in [5.74, 6) is -0.779. The molecule has 0 spiro atoms. The molecule has 4 heteroatoms. The van der Waals surface area contributed by atoms with Gasteiger partial charge in [-0.05, 0) is 47.0 Å². The summed E-state index contributed by atoms with van der Waals surface area (Å²) >= 11 is 3.46. The van der Waals surface area contributed by atoms with Crippen LogP contribution in [0.1, 0.15) is 42.1 Å². The zero-order chi connectivity index (χ0) is 13.3. The molecular formula is C14H16BrNO2. The van der Waals surface area contributed by atoms with Gasteiger partial charge in [0, 0.05) is 11.0 Å². The third kappa shape index (κ3) is 2.21. The van der Waals surface area contributed by atoms with E-state index in [1.807, 2.05) is 13.0 Å². The van der Waals surface area contributed by atoms with Crippen LogP contribution in [0.2, 0.25) is 0 Å². The zero-order valence-electron chi connectivity index (χ0n) is 10.6. The second kappa shape index (κ2) is 5.22. The highest BCUT2D eigenvalue weighted by Crippen LogP contribution is 2.37. The van der Waals surface area contributed by atoms with Crippen molar-refractivity contribution >= 4 is 33.3 Å². The van der Waals surface area contributed by atoms with E-state index in [1.165, 1.54) is 0 Å². The topological polar surface area (TPSA) is 37.4 Å². The van der Waals surface area contributed by atoms with Crippen LogP contribution in [0.4, 0.5) is 5.69 Å². The number of carbonyl (C=O) groups excluding carboxylic acids is 2. The van der Waals surface area contributed by atoms with Gasteiger partial charge in [0.2, 0.25) is 0 Å². The number of hydrogen-bond acceptors (Lipinski definition) is 2. The number of ketones is 1. The molecule has 0 N–H and O–H groups in total. The third-order valence-corrected chi connectivity index (χ3v) is 3.75. The number of benzene rings is 1. The van der Waals surface area contributed by atoms with Gasteiger partial charge in [-0.25, -0.2) is 0 Å². The average molecular weight is 310 g/mol. The molecule has 0 aromatic heterocycles. The monoisotopic (exact) mass is 309 g/mol. The number of carbonyl (C=O) groups is 2. The summed E-state index contributed by atoms with van der Waals surface area (Å²) in [6, 6.07) is 3.73. The third-order valence-electron chi connectivity index (χ3n) is 3.15. The largest absolute Gasteiger partial charge is 0.304 e. The van der Waals surface area contributed by atoms with E-state index in [1.54, 1.807) is 11.0 Å². The lowest BCUT2D eigenvalue weighted by Gasteiger charge is -2.17. The van der Waals surface area contributed by atoms with Crippen LogP contribution in [0.3, 0.4) is 0 Å². The summed E-state index contributed by atoms with van der Waals surface area (Å²) < 4.78 is 0.827. The fourth-order valence-electron chi connectivity index (χ4n) is 2.25. The van der Waals surface area contributed by atoms with Crippen LogP contribution in [0.15, 0.2) is 16.6 Å². The van der Waals surface area contributed by atoms with Gasteiger partial charge in [0.1, 0.15) is 0 Å². The van der Waals surface area contributed by atoms with E-state index in [-0.39, 0.29) is 5.78 Å². The van der Waals surface area contributed by atoms with Crippen LogP contribution < -0.4 is 4.90 Å². The molecule has 0 saturated carbocycles. The lowest BCUT2D eigenvalue weighted by Crippen LogP contribution is -2.30. The highest BCUT2D eigenvalue weighted by atomic mass is 79.9. The van der Waals surface area contributed by atoms with Crippen LogP contribution in [-0.2, 0) is 4.79 Å². The van der Waals surface area contributed by atoms with Crippen molar-refractivity contribution in [2.24, 2.45) is 0 Å². The number of aryl methyl sites for hydroxylation is 1. The van der Waals surface area contributed by atoms with Gasteiger partial charge in [0.15, 0.2) is 0 Å². The van der Waals surface area contributed by atoms with Gasteiger partial charge in [-0.2, -0.15) is 0 Å². The summed E-state index contributed by atoms with van der Waals surface area (Å²) in [7, 11) is 0. The van der Waals surface area contributed by atoms with Gasteiger partial charge < -0.3 is 4.90 Å². The number of unbranched alkanes of at least 4 members (excludes halogenated alkanes) is 2. The van der Waals surface area contributed by atoms with Crippen LogP contribution in [0, 0.1) is 6.92 Å². The van der Waals surface area contributed by atoms with Crippen LogP contribution in [-0.4, -0.2) is 18.2 Å². The maximum absolute atomic E-state index is 12.0. The summed E-state index contributed by atoms with van der Waals surface area (Å²) in [5, 5.41) is 0. The van der Waals surface area contributed by atoms with Crippen molar-refractivity contribution in [1.29, 1.82) is 0 Å². The molecule has 3 nitrogen and oxygen atoms in total. The maximum Gasteiger partial charge on any atom is 0.299 e. The fourth-order valence-corrected chi connectivity index (χ4v) is 3.04. The Hall–Kier alpha value is -1.16. The van der Waals surface area contributed by atoms with Crippen LogP contribution in [0.5, 0.6) is 0 Å². The van der Waals surface area contributed by atoms with E-state index in [0.717, 1.165) is 35.0 Å².